The number of benzene rings is 1. The van der Waals surface area contributed by atoms with E-state index < -0.39 is 9.84 Å². The third kappa shape index (κ3) is 1.11. The minimum absolute atomic E-state index is 0.173. The van der Waals surface area contributed by atoms with Crippen LogP contribution in [0.25, 0.3) is 0 Å². The lowest BCUT2D eigenvalue weighted by Crippen LogP contribution is -1.99. The van der Waals surface area contributed by atoms with E-state index in [1.165, 1.54) is 11.8 Å². The molecule has 4 heteroatoms. The number of epoxide rings is 1. The molecule has 2 unspecified atom stereocenters. The lowest BCUT2D eigenvalue weighted by Gasteiger charge is -2.04. The summed E-state index contributed by atoms with van der Waals surface area (Å²) in [6.07, 6.45) is 2.66. The Balaban J connectivity index is 2.16. The van der Waals surface area contributed by atoms with Crippen molar-refractivity contribution in [1.29, 1.82) is 0 Å². The van der Waals surface area contributed by atoms with Crippen LogP contribution in [0.2, 0.25) is 0 Å². The zero-order chi connectivity index (χ0) is 9.92. The summed E-state index contributed by atoms with van der Waals surface area (Å²) in [7, 11) is -3.08. The predicted molar refractivity (Wildman–Crippen MR) is 50.9 cm³/mol. The molecule has 1 aliphatic heterocycles. The molecule has 0 spiro atoms. The molecule has 0 amide bonds. The Morgan fingerprint density at radius 2 is 2.21 bits per heavy atom. The van der Waals surface area contributed by atoms with E-state index in [-0.39, 0.29) is 6.10 Å². The van der Waals surface area contributed by atoms with Crippen molar-refractivity contribution in [2.75, 3.05) is 6.26 Å². The second-order valence-corrected chi connectivity index (χ2v) is 5.95. The molecule has 14 heavy (non-hydrogen) atoms. The summed E-state index contributed by atoms with van der Waals surface area (Å²) in [6, 6.07) is 5.34. The number of rotatable bonds is 1. The van der Waals surface area contributed by atoms with Crippen molar-refractivity contribution in [1.82, 2.24) is 0 Å². The van der Waals surface area contributed by atoms with Crippen molar-refractivity contribution in [3.05, 3.63) is 29.3 Å². The van der Waals surface area contributed by atoms with Crippen LogP contribution < -0.4 is 0 Å². The van der Waals surface area contributed by atoms with Gasteiger partial charge in [0.05, 0.1) is 11.0 Å². The highest BCUT2D eigenvalue weighted by Crippen LogP contribution is 2.49. The lowest BCUT2D eigenvalue weighted by atomic mass is 10.1. The summed E-state index contributed by atoms with van der Waals surface area (Å²) >= 11 is 0. The van der Waals surface area contributed by atoms with Gasteiger partial charge in [-0.15, -0.1) is 0 Å². The molecule has 0 bridgehead atoms. The standard InChI is InChI=1S/C10H10O3S/c1-14(11,12)7-3-2-6-4-9-10(13-9)8(6)5-7/h2-3,5,9-10H,4H2,1H3. The molecule has 1 aromatic rings. The topological polar surface area (TPSA) is 46.7 Å². The van der Waals surface area contributed by atoms with Gasteiger partial charge in [0.2, 0.25) is 0 Å². The number of ether oxygens (including phenoxy) is 1. The van der Waals surface area contributed by atoms with Gasteiger partial charge in [-0.05, 0) is 23.3 Å². The molecule has 2 atom stereocenters. The van der Waals surface area contributed by atoms with Gasteiger partial charge in [0.25, 0.3) is 0 Å². The predicted octanol–water partition coefficient (Wildman–Crippen LogP) is 1.09. The fourth-order valence-electron chi connectivity index (χ4n) is 2.04. The highest BCUT2D eigenvalue weighted by molar-refractivity contribution is 7.90. The number of fused-ring (bicyclic) bond motifs is 3. The van der Waals surface area contributed by atoms with E-state index in [2.05, 4.69) is 0 Å². The largest absolute Gasteiger partial charge is 0.364 e. The fourth-order valence-corrected chi connectivity index (χ4v) is 2.70. The fraction of sp³-hybridized carbons (Fsp3) is 0.400. The molecule has 0 radical (unpaired) electrons. The zero-order valence-electron chi connectivity index (χ0n) is 7.73. The van der Waals surface area contributed by atoms with Crippen molar-refractivity contribution < 1.29 is 13.2 Å². The SMILES string of the molecule is CS(=O)(=O)c1ccc2c(c1)C1OC1C2. The Morgan fingerprint density at radius 3 is 2.93 bits per heavy atom. The van der Waals surface area contributed by atoms with E-state index in [0.717, 1.165) is 12.0 Å². The first-order valence-electron chi connectivity index (χ1n) is 4.54. The van der Waals surface area contributed by atoms with E-state index in [4.69, 9.17) is 4.74 Å². The summed E-state index contributed by atoms with van der Waals surface area (Å²) in [5, 5.41) is 0. The Kier molecular flexibility index (Phi) is 1.43. The van der Waals surface area contributed by atoms with Gasteiger partial charge in [0, 0.05) is 12.7 Å². The Bertz CT molecular complexity index is 504. The Hall–Kier alpha value is -0.870. The first kappa shape index (κ1) is 8.44. The first-order chi connectivity index (χ1) is 6.55. The Labute approximate surface area is 82.6 Å². The van der Waals surface area contributed by atoms with Crippen LogP contribution in [0.3, 0.4) is 0 Å². The molecule has 0 N–H and O–H groups in total. The Morgan fingerprint density at radius 1 is 1.43 bits per heavy atom. The molecule has 1 heterocycles. The summed E-state index contributed by atoms with van der Waals surface area (Å²) in [5.41, 5.74) is 2.30. The molecule has 1 fully saturated rings. The van der Waals surface area contributed by atoms with E-state index in [0.29, 0.717) is 11.0 Å². The van der Waals surface area contributed by atoms with Crippen LogP contribution in [-0.4, -0.2) is 20.8 Å². The summed E-state index contributed by atoms with van der Waals surface area (Å²) in [5.74, 6) is 0. The minimum atomic E-state index is -3.08. The van der Waals surface area contributed by atoms with Gasteiger partial charge in [-0.25, -0.2) is 8.42 Å². The molecule has 3 rings (SSSR count). The van der Waals surface area contributed by atoms with Gasteiger partial charge in [0.15, 0.2) is 9.84 Å². The molecule has 1 aromatic carbocycles. The third-order valence-corrected chi connectivity index (χ3v) is 3.97. The molecule has 3 nitrogen and oxygen atoms in total. The van der Waals surface area contributed by atoms with Crippen LogP contribution in [0.15, 0.2) is 23.1 Å². The van der Waals surface area contributed by atoms with Gasteiger partial charge < -0.3 is 4.74 Å². The quantitative estimate of drug-likeness (QED) is 0.652. The number of sulfone groups is 1. The van der Waals surface area contributed by atoms with Gasteiger partial charge >= 0.3 is 0 Å². The zero-order valence-corrected chi connectivity index (χ0v) is 8.54. The summed E-state index contributed by atoms with van der Waals surface area (Å²) in [4.78, 5) is 0.396. The molecular weight excluding hydrogens is 200 g/mol. The average Bonchev–Trinajstić information content (AvgIpc) is 2.77. The van der Waals surface area contributed by atoms with Crippen molar-refractivity contribution in [3.63, 3.8) is 0 Å². The summed E-state index contributed by atoms with van der Waals surface area (Å²) in [6.45, 7) is 0. The maximum atomic E-state index is 11.3. The van der Waals surface area contributed by atoms with Crippen molar-refractivity contribution in [3.8, 4) is 0 Å². The molecule has 1 saturated heterocycles. The van der Waals surface area contributed by atoms with Crippen LogP contribution in [-0.2, 0) is 21.0 Å². The van der Waals surface area contributed by atoms with Gasteiger partial charge in [-0.2, -0.15) is 0 Å². The van der Waals surface area contributed by atoms with E-state index in [1.807, 2.05) is 6.07 Å². The van der Waals surface area contributed by atoms with Crippen molar-refractivity contribution >= 4 is 9.84 Å². The van der Waals surface area contributed by atoms with Crippen molar-refractivity contribution in [2.24, 2.45) is 0 Å². The normalized spacial score (nSPS) is 28.4. The second kappa shape index (κ2) is 2.38. The van der Waals surface area contributed by atoms with Crippen molar-refractivity contribution in [2.45, 2.75) is 23.5 Å². The maximum Gasteiger partial charge on any atom is 0.175 e. The smallest absolute Gasteiger partial charge is 0.175 e. The molecule has 0 aromatic heterocycles. The van der Waals surface area contributed by atoms with E-state index >= 15 is 0 Å². The van der Waals surface area contributed by atoms with E-state index in [1.54, 1.807) is 12.1 Å². The van der Waals surface area contributed by atoms with Crippen LogP contribution in [0, 0.1) is 0 Å². The van der Waals surface area contributed by atoms with Crippen LogP contribution in [0.1, 0.15) is 17.2 Å². The molecule has 1 aliphatic carbocycles. The van der Waals surface area contributed by atoms with Crippen LogP contribution in [0.5, 0.6) is 0 Å². The third-order valence-electron chi connectivity index (χ3n) is 2.86. The maximum absolute atomic E-state index is 11.3. The van der Waals surface area contributed by atoms with Crippen LogP contribution >= 0.6 is 0 Å². The van der Waals surface area contributed by atoms with Crippen LogP contribution in [0.4, 0.5) is 0 Å². The minimum Gasteiger partial charge on any atom is -0.364 e. The number of hydrogen-bond donors (Lipinski definition) is 0. The summed E-state index contributed by atoms with van der Waals surface area (Å²) < 4.78 is 28.0. The molecule has 0 saturated carbocycles. The molecule has 74 valence electrons. The van der Waals surface area contributed by atoms with Gasteiger partial charge in [-0.1, -0.05) is 6.07 Å². The van der Waals surface area contributed by atoms with E-state index in [9.17, 15) is 8.42 Å². The monoisotopic (exact) mass is 210 g/mol. The van der Waals surface area contributed by atoms with Gasteiger partial charge in [-0.3, -0.25) is 0 Å². The highest BCUT2D eigenvalue weighted by atomic mass is 32.2. The average molecular weight is 210 g/mol. The second-order valence-electron chi connectivity index (χ2n) is 3.93. The molecule has 2 aliphatic rings. The lowest BCUT2D eigenvalue weighted by molar-refractivity contribution is 0.360. The highest BCUT2D eigenvalue weighted by Gasteiger charge is 2.47. The molecular formula is C10H10O3S. The number of hydrogen-bond acceptors (Lipinski definition) is 3. The van der Waals surface area contributed by atoms with Gasteiger partial charge in [0.1, 0.15) is 6.10 Å². The first-order valence-corrected chi connectivity index (χ1v) is 6.43.